The lowest BCUT2D eigenvalue weighted by Crippen LogP contribution is -2.32. The van der Waals surface area contributed by atoms with Crippen LogP contribution >= 0.6 is 11.3 Å². The molecular formula is C13H22N2O2S2. The van der Waals surface area contributed by atoms with E-state index in [1.54, 1.807) is 15.8 Å². The molecule has 0 atom stereocenters. The van der Waals surface area contributed by atoms with Crippen LogP contribution in [0.1, 0.15) is 31.6 Å². The van der Waals surface area contributed by atoms with Crippen molar-refractivity contribution < 1.29 is 8.42 Å². The van der Waals surface area contributed by atoms with Gasteiger partial charge < -0.3 is 5.32 Å². The fourth-order valence-electron chi connectivity index (χ4n) is 1.97. The highest BCUT2D eigenvalue weighted by Gasteiger charge is 2.31. The molecule has 0 amide bonds. The molecule has 4 nitrogen and oxygen atoms in total. The summed E-state index contributed by atoms with van der Waals surface area (Å²) in [4.78, 5) is 1.52. The first-order valence-corrected chi connectivity index (χ1v) is 9.18. The van der Waals surface area contributed by atoms with Gasteiger partial charge in [-0.3, -0.25) is 0 Å². The summed E-state index contributed by atoms with van der Waals surface area (Å²) >= 11 is 1.51. The smallest absolute Gasteiger partial charge is 0.243 e. The Hall–Kier alpha value is -0.430. The van der Waals surface area contributed by atoms with Crippen molar-refractivity contribution in [3.8, 4) is 0 Å². The van der Waals surface area contributed by atoms with Crippen molar-refractivity contribution in [2.24, 2.45) is 5.92 Å². The fourth-order valence-corrected chi connectivity index (χ4v) is 4.73. The van der Waals surface area contributed by atoms with Crippen LogP contribution in [0.25, 0.3) is 0 Å². The van der Waals surface area contributed by atoms with Gasteiger partial charge in [0.25, 0.3) is 0 Å². The number of rotatable bonds is 8. The summed E-state index contributed by atoms with van der Waals surface area (Å²) in [5.41, 5.74) is 0. The van der Waals surface area contributed by atoms with Gasteiger partial charge in [0.2, 0.25) is 10.0 Å². The highest BCUT2D eigenvalue weighted by atomic mass is 32.2. The molecule has 1 heterocycles. The Morgan fingerprint density at radius 1 is 1.42 bits per heavy atom. The second kappa shape index (κ2) is 6.35. The lowest BCUT2D eigenvalue weighted by Gasteiger charge is -2.19. The minimum absolute atomic E-state index is 0.452. The maximum Gasteiger partial charge on any atom is 0.243 e. The number of nitrogens with zero attached hydrogens (tertiary/aromatic N) is 1. The Morgan fingerprint density at radius 3 is 2.74 bits per heavy atom. The zero-order valence-corrected chi connectivity index (χ0v) is 13.2. The Morgan fingerprint density at radius 2 is 2.16 bits per heavy atom. The number of sulfonamides is 1. The molecule has 2 rings (SSSR count). The van der Waals surface area contributed by atoms with E-state index in [-0.39, 0.29) is 0 Å². The van der Waals surface area contributed by atoms with Crippen LogP contribution in [0.15, 0.2) is 16.3 Å². The molecule has 1 aliphatic carbocycles. The van der Waals surface area contributed by atoms with Crippen molar-refractivity contribution in [2.45, 2.75) is 38.1 Å². The maximum atomic E-state index is 12.5. The molecule has 0 spiro atoms. The SMILES string of the molecule is CCNCc1cc(S(=O)(=O)N(CC)CC2CC2)cs1. The molecule has 1 N–H and O–H groups in total. The Bertz CT molecular complexity index is 506. The van der Waals surface area contributed by atoms with Crippen LogP contribution in [-0.2, 0) is 16.6 Å². The van der Waals surface area contributed by atoms with Gasteiger partial charge in [0.15, 0.2) is 0 Å². The molecule has 1 saturated carbocycles. The van der Waals surface area contributed by atoms with Crippen molar-refractivity contribution in [3.63, 3.8) is 0 Å². The first-order chi connectivity index (χ1) is 9.07. The van der Waals surface area contributed by atoms with E-state index in [4.69, 9.17) is 0 Å². The highest BCUT2D eigenvalue weighted by molar-refractivity contribution is 7.89. The molecule has 1 fully saturated rings. The van der Waals surface area contributed by atoms with Gasteiger partial charge in [-0.05, 0) is 31.4 Å². The van der Waals surface area contributed by atoms with Crippen LogP contribution in [-0.4, -0.2) is 32.4 Å². The van der Waals surface area contributed by atoms with Gasteiger partial charge in [0, 0.05) is 29.9 Å². The minimum Gasteiger partial charge on any atom is -0.312 e. The number of nitrogens with one attached hydrogen (secondary N) is 1. The maximum absolute atomic E-state index is 12.5. The molecule has 0 aromatic carbocycles. The summed E-state index contributed by atoms with van der Waals surface area (Å²) in [5.74, 6) is 0.578. The van der Waals surface area contributed by atoms with Crippen molar-refractivity contribution in [1.82, 2.24) is 9.62 Å². The minimum atomic E-state index is -3.29. The van der Waals surface area contributed by atoms with Gasteiger partial charge in [-0.25, -0.2) is 8.42 Å². The van der Waals surface area contributed by atoms with Crippen molar-refractivity contribution in [3.05, 3.63) is 16.3 Å². The summed E-state index contributed by atoms with van der Waals surface area (Å²) in [6.45, 7) is 6.81. The standard InChI is InChI=1S/C13H22N2O2S2/c1-3-14-8-12-7-13(10-18-12)19(16,17)15(4-2)9-11-5-6-11/h7,10-11,14H,3-6,8-9H2,1-2H3. The van der Waals surface area contributed by atoms with E-state index in [0.717, 1.165) is 18.0 Å². The third kappa shape index (κ3) is 3.78. The number of hydrogen-bond acceptors (Lipinski definition) is 4. The van der Waals surface area contributed by atoms with E-state index in [0.29, 0.717) is 23.9 Å². The van der Waals surface area contributed by atoms with Crippen LogP contribution in [0.4, 0.5) is 0 Å². The number of thiophene rings is 1. The van der Waals surface area contributed by atoms with Crippen LogP contribution < -0.4 is 5.32 Å². The molecule has 1 aromatic heterocycles. The summed E-state index contributed by atoms with van der Waals surface area (Å²) in [7, 11) is -3.29. The van der Waals surface area contributed by atoms with Crippen molar-refractivity contribution >= 4 is 21.4 Å². The van der Waals surface area contributed by atoms with Crippen molar-refractivity contribution in [1.29, 1.82) is 0 Å². The molecular weight excluding hydrogens is 280 g/mol. The second-order valence-electron chi connectivity index (χ2n) is 4.93. The second-order valence-corrected chi connectivity index (χ2v) is 7.86. The van der Waals surface area contributed by atoms with Gasteiger partial charge in [0.1, 0.15) is 0 Å². The first kappa shape index (κ1) is 15.0. The van der Waals surface area contributed by atoms with E-state index in [1.807, 2.05) is 13.8 Å². The molecule has 0 aliphatic heterocycles. The van der Waals surface area contributed by atoms with Gasteiger partial charge >= 0.3 is 0 Å². The summed E-state index contributed by atoms with van der Waals surface area (Å²) < 4.78 is 26.7. The fraction of sp³-hybridized carbons (Fsp3) is 0.692. The van der Waals surface area contributed by atoms with Gasteiger partial charge in [0.05, 0.1) is 4.90 Å². The summed E-state index contributed by atoms with van der Waals surface area (Å²) in [6.07, 6.45) is 2.34. The topological polar surface area (TPSA) is 49.4 Å². The molecule has 0 bridgehead atoms. The highest BCUT2D eigenvalue weighted by Crippen LogP contribution is 2.32. The van der Waals surface area contributed by atoms with Crippen LogP contribution in [0, 0.1) is 5.92 Å². The van der Waals surface area contributed by atoms with E-state index >= 15 is 0 Å². The van der Waals surface area contributed by atoms with Crippen LogP contribution in [0.5, 0.6) is 0 Å². The van der Waals surface area contributed by atoms with Gasteiger partial charge in [-0.2, -0.15) is 4.31 Å². The molecule has 0 radical (unpaired) electrons. The monoisotopic (exact) mass is 302 g/mol. The lowest BCUT2D eigenvalue weighted by molar-refractivity contribution is 0.412. The molecule has 108 valence electrons. The molecule has 1 aromatic rings. The molecule has 0 saturated heterocycles. The van der Waals surface area contributed by atoms with E-state index in [2.05, 4.69) is 5.32 Å². The Labute approximate surface area is 119 Å². The Balaban J connectivity index is 2.10. The molecule has 6 heteroatoms. The zero-order chi connectivity index (χ0) is 13.9. The predicted molar refractivity (Wildman–Crippen MR) is 78.9 cm³/mol. The van der Waals surface area contributed by atoms with E-state index in [1.165, 1.54) is 24.2 Å². The predicted octanol–water partition coefficient (Wildman–Crippen LogP) is 2.28. The quantitative estimate of drug-likeness (QED) is 0.801. The molecule has 1 aliphatic rings. The lowest BCUT2D eigenvalue weighted by atomic mass is 10.4. The van der Waals surface area contributed by atoms with Gasteiger partial charge in [-0.15, -0.1) is 11.3 Å². The third-order valence-electron chi connectivity index (χ3n) is 3.33. The van der Waals surface area contributed by atoms with Crippen molar-refractivity contribution in [2.75, 3.05) is 19.6 Å². The summed E-state index contributed by atoms with van der Waals surface area (Å²) in [6, 6.07) is 1.80. The van der Waals surface area contributed by atoms with E-state index in [9.17, 15) is 8.42 Å². The van der Waals surface area contributed by atoms with Crippen LogP contribution in [0.3, 0.4) is 0 Å². The largest absolute Gasteiger partial charge is 0.312 e. The normalized spacial score (nSPS) is 16.2. The van der Waals surface area contributed by atoms with Gasteiger partial charge in [-0.1, -0.05) is 13.8 Å². The number of hydrogen-bond donors (Lipinski definition) is 1. The first-order valence-electron chi connectivity index (χ1n) is 6.86. The average Bonchev–Trinajstić information content (AvgIpc) is 3.08. The third-order valence-corrected chi connectivity index (χ3v) is 6.33. The Kier molecular flexibility index (Phi) is 5.00. The van der Waals surface area contributed by atoms with E-state index < -0.39 is 10.0 Å². The zero-order valence-electron chi connectivity index (χ0n) is 11.6. The molecule has 19 heavy (non-hydrogen) atoms. The molecule has 0 unspecified atom stereocenters. The van der Waals surface area contributed by atoms with Crippen LogP contribution in [0.2, 0.25) is 0 Å². The average molecular weight is 302 g/mol. The summed E-state index contributed by atoms with van der Waals surface area (Å²) in [5, 5.41) is 4.98.